The molecule has 0 spiro atoms. The molecular weight excluding hydrogens is 216 g/mol. The topological polar surface area (TPSA) is 0 Å². The Morgan fingerprint density at radius 1 is 0.944 bits per heavy atom. The Hall–Kier alpha value is 0. The molecule has 0 heterocycles. The molecule has 0 aromatic heterocycles. The smallest absolute Gasteiger partial charge is 0.0334 e. The molecule has 18 heavy (non-hydrogen) atoms. The summed E-state index contributed by atoms with van der Waals surface area (Å²) in [7, 11) is 0. The Kier molecular flexibility index (Phi) is 5.32. The predicted molar refractivity (Wildman–Crippen MR) is 82.8 cm³/mol. The van der Waals surface area contributed by atoms with Crippen LogP contribution in [0.1, 0.15) is 87.0 Å². The highest BCUT2D eigenvalue weighted by Gasteiger charge is 2.41. The minimum absolute atomic E-state index is 0.474. The fraction of sp³-hybridized carbons (Fsp3) is 1.00. The van der Waals surface area contributed by atoms with Crippen LogP contribution in [0.15, 0.2) is 0 Å². The fourth-order valence-electron chi connectivity index (χ4n) is 4.32. The normalized spacial score (nSPS) is 28.2. The Bertz CT molecular complexity index is 238. The van der Waals surface area contributed by atoms with E-state index in [4.69, 9.17) is 0 Å². The summed E-state index contributed by atoms with van der Waals surface area (Å²) in [5.41, 5.74) is 0.962. The Labute approximate surface area is 116 Å². The SMILES string of the molecule is CCCC(C1CCCCC1C(C)(C)C)C(C)(C)C. The zero-order chi connectivity index (χ0) is 14.0. The quantitative estimate of drug-likeness (QED) is 0.553. The minimum atomic E-state index is 0.474. The lowest BCUT2D eigenvalue weighted by Crippen LogP contribution is -2.40. The van der Waals surface area contributed by atoms with E-state index < -0.39 is 0 Å². The van der Waals surface area contributed by atoms with Gasteiger partial charge in [-0.15, -0.1) is 0 Å². The predicted octanol–water partition coefficient (Wildman–Crippen LogP) is 6.30. The summed E-state index contributed by atoms with van der Waals surface area (Å²) in [6.45, 7) is 17.1. The minimum Gasteiger partial charge on any atom is -0.0654 e. The van der Waals surface area contributed by atoms with Crippen LogP contribution in [0.3, 0.4) is 0 Å². The van der Waals surface area contributed by atoms with Gasteiger partial charge in [-0.1, -0.05) is 67.7 Å². The summed E-state index contributed by atoms with van der Waals surface area (Å²) in [5.74, 6) is 2.80. The highest BCUT2D eigenvalue weighted by Crippen LogP contribution is 2.50. The molecule has 0 aromatic rings. The van der Waals surface area contributed by atoms with Crippen molar-refractivity contribution in [1.82, 2.24) is 0 Å². The van der Waals surface area contributed by atoms with Crippen molar-refractivity contribution < 1.29 is 0 Å². The van der Waals surface area contributed by atoms with E-state index in [1.54, 1.807) is 0 Å². The van der Waals surface area contributed by atoms with E-state index in [0.717, 1.165) is 17.8 Å². The maximum absolute atomic E-state index is 2.46. The summed E-state index contributed by atoms with van der Waals surface area (Å²) in [6, 6.07) is 0. The Morgan fingerprint density at radius 3 is 1.94 bits per heavy atom. The van der Waals surface area contributed by atoms with Crippen LogP contribution >= 0.6 is 0 Å². The first-order valence-electron chi connectivity index (χ1n) is 8.18. The zero-order valence-electron chi connectivity index (χ0n) is 14.0. The molecule has 1 fully saturated rings. The maximum atomic E-state index is 2.46. The third kappa shape index (κ3) is 4.00. The van der Waals surface area contributed by atoms with Gasteiger partial charge in [-0.25, -0.2) is 0 Å². The van der Waals surface area contributed by atoms with E-state index in [0.29, 0.717) is 10.8 Å². The summed E-state index contributed by atoms with van der Waals surface area (Å²) >= 11 is 0. The molecule has 0 aliphatic heterocycles. The van der Waals surface area contributed by atoms with Gasteiger partial charge in [-0.3, -0.25) is 0 Å². The molecule has 1 rings (SSSR count). The van der Waals surface area contributed by atoms with Gasteiger partial charge in [-0.2, -0.15) is 0 Å². The van der Waals surface area contributed by atoms with Crippen molar-refractivity contribution in [3.63, 3.8) is 0 Å². The summed E-state index contributed by atoms with van der Waals surface area (Å²) in [4.78, 5) is 0. The Balaban J connectivity index is 2.92. The molecule has 0 amide bonds. The molecule has 1 aliphatic carbocycles. The van der Waals surface area contributed by atoms with Gasteiger partial charge >= 0.3 is 0 Å². The van der Waals surface area contributed by atoms with Gasteiger partial charge in [0.15, 0.2) is 0 Å². The monoisotopic (exact) mass is 252 g/mol. The van der Waals surface area contributed by atoms with E-state index in [1.165, 1.54) is 38.5 Å². The van der Waals surface area contributed by atoms with Gasteiger partial charge < -0.3 is 0 Å². The van der Waals surface area contributed by atoms with Crippen molar-refractivity contribution >= 4 is 0 Å². The van der Waals surface area contributed by atoms with E-state index >= 15 is 0 Å². The van der Waals surface area contributed by atoms with Crippen LogP contribution in [0.25, 0.3) is 0 Å². The zero-order valence-corrected chi connectivity index (χ0v) is 14.0. The van der Waals surface area contributed by atoms with Gasteiger partial charge in [0.1, 0.15) is 0 Å². The molecule has 3 atom stereocenters. The molecule has 0 bridgehead atoms. The second-order valence-electron chi connectivity index (χ2n) is 8.68. The van der Waals surface area contributed by atoms with E-state index in [-0.39, 0.29) is 0 Å². The summed E-state index contributed by atoms with van der Waals surface area (Å²) in [6.07, 6.45) is 8.62. The number of hydrogen-bond acceptors (Lipinski definition) is 0. The fourth-order valence-corrected chi connectivity index (χ4v) is 4.32. The van der Waals surface area contributed by atoms with Gasteiger partial charge in [-0.05, 0) is 47.8 Å². The molecule has 0 N–H and O–H groups in total. The molecule has 1 aliphatic rings. The van der Waals surface area contributed by atoms with Crippen molar-refractivity contribution in [2.45, 2.75) is 87.0 Å². The van der Waals surface area contributed by atoms with E-state index in [2.05, 4.69) is 48.5 Å². The first-order chi connectivity index (χ1) is 8.18. The van der Waals surface area contributed by atoms with Crippen LogP contribution in [0.2, 0.25) is 0 Å². The third-order valence-electron chi connectivity index (χ3n) is 5.16. The van der Waals surface area contributed by atoms with Crippen molar-refractivity contribution in [1.29, 1.82) is 0 Å². The van der Waals surface area contributed by atoms with Gasteiger partial charge in [0.2, 0.25) is 0 Å². The molecule has 0 radical (unpaired) electrons. The molecule has 1 saturated carbocycles. The molecule has 0 heteroatoms. The van der Waals surface area contributed by atoms with E-state index in [9.17, 15) is 0 Å². The average Bonchev–Trinajstić information content (AvgIpc) is 2.23. The van der Waals surface area contributed by atoms with Crippen LogP contribution in [0.5, 0.6) is 0 Å². The molecule has 0 nitrogen and oxygen atoms in total. The second kappa shape index (κ2) is 5.97. The lowest BCUT2D eigenvalue weighted by Gasteiger charge is -2.48. The number of rotatable bonds is 3. The first kappa shape index (κ1) is 16.1. The van der Waals surface area contributed by atoms with Gasteiger partial charge in [0, 0.05) is 0 Å². The molecule has 0 aromatic carbocycles. The van der Waals surface area contributed by atoms with Crippen molar-refractivity contribution in [2.75, 3.05) is 0 Å². The van der Waals surface area contributed by atoms with Crippen LogP contribution in [-0.4, -0.2) is 0 Å². The molecule has 0 saturated heterocycles. The van der Waals surface area contributed by atoms with Crippen molar-refractivity contribution in [2.24, 2.45) is 28.6 Å². The summed E-state index contributed by atoms with van der Waals surface area (Å²) in [5, 5.41) is 0. The Morgan fingerprint density at radius 2 is 1.50 bits per heavy atom. The maximum Gasteiger partial charge on any atom is -0.0334 e. The van der Waals surface area contributed by atoms with Gasteiger partial charge in [0.05, 0.1) is 0 Å². The van der Waals surface area contributed by atoms with Crippen LogP contribution in [0.4, 0.5) is 0 Å². The van der Waals surface area contributed by atoms with E-state index in [1.807, 2.05) is 0 Å². The highest BCUT2D eigenvalue weighted by atomic mass is 14.5. The van der Waals surface area contributed by atoms with Crippen LogP contribution < -0.4 is 0 Å². The van der Waals surface area contributed by atoms with Crippen molar-refractivity contribution in [3.05, 3.63) is 0 Å². The third-order valence-corrected chi connectivity index (χ3v) is 5.16. The molecular formula is C18H36. The second-order valence-corrected chi connectivity index (χ2v) is 8.68. The largest absolute Gasteiger partial charge is 0.0654 e. The molecule has 3 unspecified atom stereocenters. The number of hydrogen-bond donors (Lipinski definition) is 0. The standard InChI is InChI=1S/C18H36/c1-8-11-15(17(2,3)4)14-12-9-10-13-16(14)18(5,6)7/h14-16H,8-13H2,1-7H3. The molecule has 108 valence electrons. The van der Waals surface area contributed by atoms with Gasteiger partial charge in [0.25, 0.3) is 0 Å². The average molecular weight is 252 g/mol. The lowest BCUT2D eigenvalue weighted by atomic mass is 9.57. The summed E-state index contributed by atoms with van der Waals surface area (Å²) < 4.78 is 0. The lowest BCUT2D eigenvalue weighted by molar-refractivity contribution is 0.0157. The first-order valence-corrected chi connectivity index (χ1v) is 8.18. The van der Waals surface area contributed by atoms with Crippen LogP contribution in [-0.2, 0) is 0 Å². The van der Waals surface area contributed by atoms with Crippen molar-refractivity contribution in [3.8, 4) is 0 Å². The van der Waals surface area contributed by atoms with Crippen LogP contribution in [0, 0.1) is 28.6 Å². The highest BCUT2D eigenvalue weighted by molar-refractivity contribution is 4.91.